The van der Waals surface area contributed by atoms with Crippen molar-refractivity contribution >= 4 is 17.7 Å². The van der Waals surface area contributed by atoms with Gasteiger partial charge in [0.25, 0.3) is 0 Å². The van der Waals surface area contributed by atoms with Gasteiger partial charge in [-0.05, 0) is 44.6 Å². The molecule has 0 aliphatic carbocycles. The molecular formula is C28H56N4O4. The number of hydrogen-bond acceptors (Lipinski definition) is 5. The van der Waals surface area contributed by atoms with Crippen molar-refractivity contribution in [3.63, 3.8) is 0 Å². The van der Waals surface area contributed by atoms with Gasteiger partial charge < -0.3 is 25.2 Å². The summed E-state index contributed by atoms with van der Waals surface area (Å²) in [4.78, 5) is 43.8. The molecule has 1 unspecified atom stereocenters. The highest BCUT2D eigenvalue weighted by Crippen LogP contribution is 2.24. The van der Waals surface area contributed by atoms with Crippen LogP contribution in [0, 0.1) is 17.8 Å². The Morgan fingerprint density at radius 2 is 1.44 bits per heavy atom. The highest BCUT2D eigenvalue weighted by Gasteiger charge is 2.39. The predicted molar refractivity (Wildman–Crippen MR) is 148 cm³/mol. The largest absolute Gasteiger partial charge is 0.379 e. The van der Waals surface area contributed by atoms with E-state index in [1.54, 1.807) is 26.1 Å². The van der Waals surface area contributed by atoms with E-state index in [0.29, 0.717) is 6.54 Å². The zero-order chi connectivity index (χ0) is 28.2. The molecule has 6 atom stereocenters. The van der Waals surface area contributed by atoms with Crippen LogP contribution in [0.15, 0.2) is 0 Å². The van der Waals surface area contributed by atoms with Crippen molar-refractivity contribution in [2.24, 2.45) is 17.8 Å². The second kappa shape index (κ2) is 17.0. The number of likely N-dealkylation sites (N-methyl/N-ethyl adjacent to an activating group) is 2. The Labute approximate surface area is 221 Å². The smallest absolute Gasteiger partial charge is 0.245 e. The van der Waals surface area contributed by atoms with Crippen molar-refractivity contribution in [2.45, 2.75) is 118 Å². The van der Waals surface area contributed by atoms with E-state index in [9.17, 15) is 14.4 Å². The Bertz CT molecular complexity index is 670. The first-order valence-corrected chi connectivity index (χ1v) is 13.9. The average Bonchev–Trinajstić information content (AvgIpc) is 2.83. The first-order chi connectivity index (χ1) is 16.8. The van der Waals surface area contributed by atoms with Gasteiger partial charge in [-0.1, -0.05) is 61.8 Å². The van der Waals surface area contributed by atoms with Crippen molar-refractivity contribution in [1.29, 1.82) is 0 Å². The molecule has 0 radical (unpaired) electrons. The third-order valence-electron chi connectivity index (χ3n) is 7.48. The van der Waals surface area contributed by atoms with Crippen molar-refractivity contribution in [1.82, 2.24) is 20.4 Å². The van der Waals surface area contributed by atoms with Gasteiger partial charge in [-0.3, -0.25) is 14.4 Å². The highest BCUT2D eigenvalue weighted by molar-refractivity contribution is 5.90. The van der Waals surface area contributed by atoms with Gasteiger partial charge in [0, 0.05) is 26.7 Å². The lowest BCUT2D eigenvalue weighted by atomic mass is 9.89. The molecule has 0 fully saturated rings. The van der Waals surface area contributed by atoms with Gasteiger partial charge >= 0.3 is 0 Å². The van der Waals surface area contributed by atoms with Crippen LogP contribution < -0.4 is 10.6 Å². The maximum absolute atomic E-state index is 13.8. The first kappa shape index (κ1) is 34.3. The Balaban J connectivity index is 6.00. The van der Waals surface area contributed by atoms with E-state index in [1.165, 1.54) is 0 Å². The summed E-state index contributed by atoms with van der Waals surface area (Å²) in [5, 5.41) is 6.04. The molecule has 0 bridgehead atoms. The molecule has 0 aromatic carbocycles. The molecular weight excluding hydrogens is 456 g/mol. The molecule has 0 aromatic heterocycles. The van der Waals surface area contributed by atoms with Crippen LogP contribution in [0.2, 0.25) is 0 Å². The van der Waals surface area contributed by atoms with Crippen LogP contribution in [0.4, 0.5) is 0 Å². The van der Waals surface area contributed by atoms with Crippen molar-refractivity contribution in [2.75, 3.05) is 27.7 Å². The Hall–Kier alpha value is -1.67. The predicted octanol–water partition coefficient (Wildman–Crippen LogP) is 3.69. The quantitative estimate of drug-likeness (QED) is 0.310. The van der Waals surface area contributed by atoms with Crippen LogP contribution in [0.5, 0.6) is 0 Å². The van der Waals surface area contributed by atoms with Crippen LogP contribution in [0.1, 0.15) is 88.0 Å². The van der Waals surface area contributed by atoms with E-state index < -0.39 is 12.1 Å². The fourth-order valence-corrected chi connectivity index (χ4v) is 4.81. The molecule has 0 heterocycles. The molecule has 212 valence electrons. The molecule has 0 saturated carbocycles. The second-order valence-corrected chi connectivity index (χ2v) is 10.9. The summed E-state index contributed by atoms with van der Waals surface area (Å²) >= 11 is 0. The van der Waals surface area contributed by atoms with Gasteiger partial charge in [0.15, 0.2) is 0 Å². The lowest BCUT2D eigenvalue weighted by Gasteiger charge is -2.40. The number of nitrogens with zero attached hydrogens (tertiary/aromatic N) is 2. The molecule has 0 rings (SSSR count). The van der Waals surface area contributed by atoms with E-state index in [4.69, 9.17) is 4.74 Å². The summed E-state index contributed by atoms with van der Waals surface area (Å²) in [5.74, 6) is -0.207. The summed E-state index contributed by atoms with van der Waals surface area (Å²) in [6, 6.07) is -1.21. The van der Waals surface area contributed by atoms with Gasteiger partial charge in [0.05, 0.1) is 24.6 Å². The van der Waals surface area contributed by atoms with Crippen LogP contribution in [-0.2, 0) is 19.1 Å². The van der Waals surface area contributed by atoms with Crippen LogP contribution >= 0.6 is 0 Å². The highest BCUT2D eigenvalue weighted by atomic mass is 16.5. The zero-order valence-electron chi connectivity index (χ0n) is 25.2. The van der Waals surface area contributed by atoms with E-state index >= 15 is 0 Å². The summed E-state index contributed by atoms with van der Waals surface area (Å²) in [6.45, 7) is 18.9. The van der Waals surface area contributed by atoms with E-state index in [2.05, 4.69) is 45.3 Å². The molecule has 0 spiro atoms. The van der Waals surface area contributed by atoms with Crippen LogP contribution in [-0.4, -0.2) is 85.5 Å². The third kappa shape index (κ3) is 9.66. The lowest BCUT2D eigenvalue weighted by molar-refractivity contribution is -0.146. The summed E-state index contributed by atoms with van der Waals surface area (Å²) in [5.41, 5.74) is 0. The van der Waals surface area contributed by atoms with Gasteiger partial charge in [-0.2, -0.15) is 0 Å². The molecule has 0 aliphatic heterocycles. The number of hydrogen-bond donors (Lipinski definition) is 2. The minimum atomic E-state index is -0.673. The second-order valence-electron chi connectivity index (χ2n) is 10.9. The Morgan fingerprint density at radius 1 is 0.889 bits per heavy atom. The monoisotopic (exact) mass is 512 g/mol. The minimum Gasteiger partial charge on any atom is -0.379 e. The number of amides is 3. The van der Waals surface area contributed by atoms with Gasteiger partial charge in [-0.25, -0.2) is 0 Å². The summed E-state index contributed by atoms with van der Waals surface area (Å²) < 4.78 is 5.89. The first-order valence-electron chi connectivity index (χ1n) is 13.9. The Kier molecular flexibility index (Phi) is 16.2. The normalized spacial score (nSPS) is 16.7. The standard InChI is InChI=1S/C28H56N4O4/c1-13-16-32(21(9)15-3)23(33)17-22(36-12)26(20(8)14-2)31(11)28(35)25(19(6)7)30-27(34)24(29-10)18(4)5/h18-22,24-26,29H,13-17H2,1-12H3,(H,30,34)/t20-,21?,22+,24-,25-,26-/m0/s1. The third-order valence-corrected chi connectivity index (χ3v) is 7.48. The molecule has 2 N–H and O–H groups in total. The van der Waals surface area contributed by atoms with Crippen LogP contribution in [0.3, 0.4) is 0 Å². The maximum Gasteiger partial charge on any atom is 0.245 e. The number of carbonyl (C=O) groups is 3. The molecule has 36 heavy (non-hydrogen) atoms. The lowest BCUT2D eigenvalue weighted by Crippen LogP contribution is -2.59. The fourth-order valence-electron chi connectivity index (χ4n) is 4.81. The minimum absolute atomic E-state index is 0.0507. The molecule has 0 aromatic rings. The maximum atomic E-state index is 13.8. The summed E-state index contributed by atoms with van der Waals surface area (Å²) in [6.07, 6.45) is 2.36. The Morgan fingerprint density at radius 3 is 1.83 bits per heavy atom. The van der Waals surface area contributed by atoms with E-state index in [0.717, 1.165) is 19.3 Å². The fraction of sp³-hybridized carbons (Fsp3) is 0.893. The molecule has 3 amide bonds. The summed E-state index contributed by atoms with van der Waals surface area (Å²) in [7, 11) is 5.14. The van der Waals surface area contributed by atoms with Crippen molar-refractivity contribution < 1.29 is 19.1 Å². The number of methoxy groups -OCH3 is 1. The van der Waals surface area contributed by atoms with Gasteiger partial charge in [0.2, 0.25) is 17.7 Å². The number of carbonyl (C=O) groups excluding carboxylic acids is 3. The number of ether oxygens (including phenoxy) is 1. The molecule has 8 nitrogen and oxygen atoms in total. The topological polar surface area (TPSA) is 91.0 Å². The number of nitrogens with one attached hydrogen (secondary N) is 2. The van der Waals surface area contributed by atoms with E-state index in [1.807, 2.05) is 32.6 Å². The average molecular weight is 513 g/mol. The van der Waals surface area contributed by atoms with Crippen LogP contribution in [0.25, 0.3) is 0 Å². The zero-order valence-corrected chi connectivity index (χ0v) is 25.2. The van der Waals surface area contributed by atoms with E-state index in [-0.39, 0.29) is 60.0 Å². The number of rotatable bonds is 17. The van der Waals surface area contributed by atoms with Crippen molar-refractivity contribution in [3.05, 3.63) is 0 Å². The molecule has 0 aliphatic rings. The molecule has 0 saturated heterocycles. The van der Waals surface area contributed by atoms with Crippen molar-refractivity contribution in [3.8, 4) is 0 Å². The SMILES string of the molecule is CCCN(C(=O)C[C@@H](OC)[C@H]([C@@H](C)CC)N(C)C(=O)[C@@H](NC(=O)[C@@H](NC)C(C)C)C(C)C)C(C)CC. The molecule has 8 heteroatoms. The van der Waals surface area contributed by atoms with Gasteiger partial charge in [0.1, 0.15) is 6.04 Å². The van der Waals surface area contributed by atoms with Gasteiger partial charge in [-0.15, -0.1) is 0 Å².